The molecule has 1 fully saturated rings. The summed E-state index contributed by atoms with van der Waals surface area (Å²) >= 11 is 0. The second-order valence-corrected chi connectivity index (χ2v) is 5.70. The first-order valence-corrected chi connectivity index (χ1v) is 7.13. The molecule has 2 rings (SSSR count). The number of carboxylic acids is 1. The van der Waals surface area contributed by atoms with Crippen LogP contribution in [0.3, 0.4) is 0 Å². The molecule has 0 aromatic heterocycles. The molecule has 0 radical (unpaired) electrons. The van der Waals surface area contributed by atoms with E-state index in [0.29, 0.717) is 12.3 Å². The summed E-state index contributed by atoms with van der Waals surface area (Å²) in [6, 6.07) is 8.00. The molecule has 0 unspecified atom stereocenters. The number of aliphatic carboxylic acids is 1. The minimum absolute atomic E-state index is 0.368. The maximum Gasteiger partial charge on any atom is 0.321 e. The lowest BCUT2D eigenvalue weighted by molar-refractivity contribution is -0.142. The SMILES string of the molecule is CC(C)c1ccc(C[C@H](C(=O)O)N2CCCC2)cc1. The zero-order valence-electron chi connectivity index (χ0n) is 11.8. The van der Waals surface area contributed by atoms with Gasteiger partial charge in [-0.05, 0) is 49.4 Å². The molecule has 1 atom stereocenters. The molecule has 1 aliphatic rings. The predicted molar refractivity (Wildman–Crippen MR) is 76.5 cm³/mol. The molecule has 1 N–H and O–H groups in total. The Morgan fingerprint density at radius 3 is 2.26 bits per heavy atom. The number of carboxylic acid groups (broad SMARTS) is 1. The fourth-order valence-corrected chi connectivity index (χ4v) is 2.69. The number of benzene rings is 1. The molecule has 1 aromatic carbocycles. The third-order valence-electron chi connectivity index (χ3n) is 3.94. The molecule has 0 aliphatic carbocycles. The first-order valence-electron chi connectivity index (χ1n) is 7.13. The van der Waals surface area contributed by atoms with Crippen molar-refractivity contribution < 1.29 is 9.90 Å². The Morgan fingerprint density at radius 2 is 1.79 bits per heavy atom. The van der Waals surface area contributed by atoms with Crippen molar-refractivity contribution in [3.8, 4) is 0 Å². The van der Waals surface area contributed by atoms with Gasteiger partial charge in [0.15, 0.2) is 0 Å². The van der Waals surface area contributed by atoms with Crippen LogP contribution in [-0.2, 0) is 11.2 Å². The summed E-state index contributed by atoms with van der Waals surface area (Å²) in [5.41, 5.74) is 2.42. The first-order chi connectivity index (χ1) is 9.08. The van der Waals surface area contributed by atoms with Gasteiger partial charge in [-0.1, -0.05) is 38.1 Å². The minimum Gasteiger partial charge on any atom is -0.480 e. The second kappa shape index (κ2) is 6.20. The van der Waals surface area contributed by atoms with Gasteiger partial charge in [0.25, 0.3) is 0 Å². The highest BCUT2D eigenvalue weighted by molar-refractivity contribution is 5.74. The Hall–Kier alpha value is -1.35. The number of carbonyl (C=O) groups is 1. The standard InChI is InChI=1S/C16H23NO2/c1-12(2)14-7-5-13(6-8-14)11-15(16(18)19)17-9-3-4-10-17/h5-8,12,15H,3-4,9-11H2,1-2H3,(H,18,19)/t15-/m1/s1. The monoisotopic (exact) mass is 261 g/mol. The van der Waals surface area contributed by atoms with Crippen molar-refractivity contribution >= 4 is 5.97 Å². The number of nitrogens with zero attached hydrogens (tertiary/aromatic N) is 1. The van der Waals surface area contributed by atoms with Gasteiger partial charge in [-0.15, -0.1) is 0 Å². The van der Waals surface area contributed by atoms with E-state index in [2.05, 4.69) is 43.0 Å². The van der Waals surface area contributed by atoms with Crippen LogP contribution in [0.15, 0.2) is 24.3 Å². The zero-order chi connectivity index (χ0) is 13.8. The normalized spacial score (nSPS) is 17.8. The van der Waals surface area contributed by atoms with Crippen LogP contribution in [0.4, 0.5) is 0 Å². The van der Waals surface area contributed by atoms with Gasteiger partial charge < -0.3 is 5.11 Å². The van der Waals surface area contributed by atoms with Crippen LogP contribution in [-0.4, -0.2) is 35.1 Å². The van der Waals surface area contributed by atoms with Gasteiger partial charge in [0, 0.05) is 0 Å². The van der Waals surface area contributed by atoms with Crippen molar-refractivity contribution in [1.82, 2.24) is 4.90 Å². The topological polar surface area (TPSA) is 40.5 Å². The molecule has 0 bridgehead atoms. The van der Waals surface area contributed by atoms with Crippen LogP contribution >= 0.6 is 0 Å². The second-order valence-electron chi connectivity index (χ2n) is 5.70. The van der Waals surface area contributed by atoms with Crippen molar-refractivity contribution in [3.63, 3.8) is 0 Å². The van der Waals surface area contributed by atoms with E-state index in [1.54, 1.807) is 0 Å². The Kier molecular flexibility index (Phi) is 4.59. The third-order valence-corrected chi connectivity index (χ3v) is 3.94. The molecule has 0 amide bonds. The lowest BCUT2D eigenvalue weighted by Gasteiger charge is -2.23. The van der Waals surface area contributed by atoms with E-state index in [0.717, 1.165) is 31.5 Å². The van der Waals surface area contributed by atoms with Gasteiger partial charge in [0.2, 0.25) is 0 Å². The van der Waals surface area contributed by atoms with Gasteiger partial charge in [-0.3, -0.25) is 9.69 Å². The summed E-state index contributed by atoms with van der Waals surface area (Å²) in [5, 5.41) is 9.40. The molecule has 3 nitrogen and oxygen atoms in total. The number of hydrogen-bond donors (Lipinski definition) is 1. The molecule has 104 valence electrons. The number of likely N-dealkylation sites (tertiary alicyclic amines) is 1. The third kappa shape index (κ3) is 3.57. The molecule has 1 aromatic rings. The molecule has 1 heterocycles. The van der Waals surface area contributed by atoms with Crippen LogP contribution in [0.1, 0.15) is 43.7 Å². The lowest BCUT2D eigenvalue weighted by Crippen LogP contribution is -2.40. The van der Waals surface area contributed by atoms with Gasteiger partial charge in [-0.2, -0.15) is 0 Å². The zero-order valence-corrected chi connectivity index (χ0v) is 11.8. The van der Waals surface area contributed by atoms with Crippen LogP contribution in [0.25, 0.3) is 0 Å². The van der Waals surface area contributed by atoms with E-state index in [-0.39, 0.29) is 6.04 Å². The molecule has 1 saturated heterocycles. The average Bonchev–Trinajstić information content (AvgIpc) is 2.89. The highest BCUT2D eigenvalue weighted by atomic mass is 16.4. The van der Waals surface area contributed by atoms with E-state index < -0.39 is 5.97 Å². The molecular weight excluding hydrogens is 238 g/mol. The van der Waals surface area contributed by atoms with Gasteiger partial charge in [0.05, 0.1) is 0 Å². The van der Waals surface area contributed by atoms with Crippen molar-refractivity contribution in [1.29, 1.82) is 0 Å². The first kappa shape index (κ1) is 14.1. The smallest absolute Gasteiger partial charge is 0.321 e. The fraction of sp³-hybridized carbons (Fsp3) is 0.562. The predicted octanol–water partition coefficient (Wildman–Crippen LogP) is 2.90. The van der Waals surface area contributed by atoms with Crippen molar-refractivity contribution in [2.75, 3.05) is 13.1 Å². The van der Waals surface area contributed by atoms with E-state index >= 15 is 0 Å². The van der Waals surface area contributed by atoms with Crippen molar-refractivity contribution in [2.24, 2.45) is 0 Å². The van der Waals surface area contributed by atoms with Crippen molar-refractivity contribution in [3.05, 3.63) is 35.4 Å². The Balaban J connectivity index is 2.06. The number of hydrogen-bond acceptors (Lipinski definition) is 2. The van der Waals surface area contributed by atoms with Crippen LogP contribution in [0.2, 0.25) is 0 Å². The van der Waals surface area contributed by atoms with Crippen LogP contribution in [0.5, 0.6) is 0 Å². The van der Waals surface area contributed by atoms with Gasteiger partial charge in [0.1, 0.15) is 6.04 Å². The molecular formula is C16H23NO2. The maximum atomic E-state index is 11.4. The maximum absolute atomic E-state index is 11.4. The van der Waals surface area contributed by atoms with E-state index in [1.807, 2.05) is 0 Å². The Bertz CT molecular complexity index is 419. The molecule has 0 saturated carbocycles. The number of rotatable bonds is 5. The Morgan fingerprint density at radius 1 is 1.21 bits per heavy atom. The summed E-state index contributed by atoms with van der Waals surface area (Å²) in [6.45, 7) is 6.17. The minimum atomic E-state index is -0.699. The largest absolute Gasteiger partial charge is 0.480 e. The van der Waals surface area contributed by atoms with E-state index in [1.165, 1.54) is 5.56 Å². The fourth-order valence-electron chi connectivity index (χ4n) is 2.69. The van der Waals surface area contributed by atoms with Crippen LogP contribution in [0, 0.1) is 0 Å². The molecule has 0 spiro atoms. The lowest BCUT2D eigenvalue weighted by atomic mass is 9.99. The Labute approximate surface area is 115 Å². The van der Waals surface area contributed by atoms with E-state index in [4.69, 9.17) is 0 Å². The summed E-state index contributed by atoms with van der Waals surface area (Å²) in [5.74, 6) is -0.183. The summed E-state index contributed by atoms with van der Waals surface area (Å²) in [7, 11) is 0. The van der Waals surface area contributed by atoms with E-state index in [9.17, 15) is 9.90 Å². The molecule has 3 heteroatoms. The highest BCUT2D eigenvalue weighted by Crippen LogP contribution is 2.19. The van der Waals surface area contributed by atoms with Gasteiger partial charge >= 0.3 is 5.97 Å². The molecule has 1 aliphatic heterocycles. The van der Waals surface area contributed by atoms with Crippen LogP contribution < -0.4 is 0 Å². The van der Waals surface area contributed by atoms with Crippen molar-refractivity contribution in [2.45, 2.75) is 45.1 Å². The molecule has 19 heavy (non-hydrogen) atoms. The van der Waals surface area contributed by atoms with Gasteiger partial charge in [-0.25, -0.2) is 0 Å². The summed E-state index contributed by atoms with van der Waals surface area (Å²) in [6.07, 6.45) is 2.85. The average molecular weight is 261 g/mol. The highest BCUT2D eigenvalue weighted by Gasteiger charge is 2.27. The summed E-state index contributed by atoms with van der Waals surface area (Å²) < 4.78 is 0. The summed E-state index contributed by atoms with van der Waals surface area (Å²) in [4.78, 5) is 13.5. The quantitative estimate of drug-likeness (QED) is 0.886.